The lowest BCUT2D eigenvalue weighted by Crippen LogP contribution is -2.23. The molecule has 0 spiro atoms. The Morgan fingerprint density at radius 2 is 1.62 bits per heavy atom. The summed E-state index contributed by atoms with van der Waals surface area (Å²) in [4.78, 5) is 38.5. The van der Waals surface area contributed by atoms with Crippen LogP contribution in [-0.4, -0.2) is 32.9 Å². The predicted molar refractivity (Wildman–Crippen MR) is 102 cm³/mol. The molecular weight excluding hydrogens is 376 g/mol. The molecule has 0 saturated heterocycles. The first kappa shape index (κ1) is 18.0. The van der Waals surface area contributed by atoms with E-state index in [0.29, 0.717) is 22.4 Å². The molecule has 4 rings (SSSR count). The Balaban J connectivity index is 1.44. The minimum atomic E-state index is -0.542. The van der Waals surface area contributed by atoms with Crippen molar-refractivity contribution in [3.05, 3.63) is 93.7 Å². The summed E-state index contributed by atoms with van der Waals surface area (Å²) >= 11 is 0. The number of benzene rings is 2. The van der Waals surface area contributed by atoms with Crippen LogP contribution in [0.25, 0.3) is 0 Å². The van der Waals surface area contributed by atoms with Crippen molar-refractivity contribution in [3.63, 3.8) is 0 Å². The summed E-state index contributed by atoms with van der Waals surface area (Å²) in [7, 11) is 0. The molecule has 0 N–H and O–H groups in total. The molecule has 2 amide bonds. The third-order valence-electron chi connectivity index (χ3n) is 4.13. The average Bonchev–Trinajstić information content (AvgIpc) is 2.98. The van der Waals surface area contributed by atoms with Gasteiger partial charge in [0.15, 0.2) is 0 Å². The van der Waals surface area contributed by atoms with Crippen LogP contribution in [0.5, 0.6) is 11.6 Å². The number of carbonyl (C=O) groups excluding carboxylic acids is 2. The molecule has 0 saturated carbocycles. The number of amides is 2. The first-order valence-corrected chi connectivity index (χ1v) is 8.43. The van der Waals surface area contributed by atoms with E-state index in [-0.39, 0.29) is 11.6 Å². The van der Waals surface area contributed by atoms with E-state index >= 15 is 0 Å². The average molecular weight is 388 g/mol. The van der Waals surface area contributed by atoms with Crippen molar-refractivity contribution in [2.24, 2.45) is 5.10 Å². The number of carbonyl (C=O) groups is 2. The second-order valence-corrected chi connectivity index (χ2v) is 6.00. The Morgan fingerprint density at radius 1 is 0.966 bits per heavy atom. The second-order valence-electron chi connectivity index (χ2n) is 6.00. The SMILES string of the molecule is O=C1c2ccccc2C(=O)N1/N=C\c1ccc(Oc2ccc([N+](=O)[O-])cn2)cc1. The Bertz CT molecular complexity index is 1110. The second kappa shape index (κ2) is 7.31. The van der Waals surface area contributed by atoms with Gasteiger partial charge in [-0.25, -0.2) is 4.98 Å². The number of nitrogens with zero attached hydrogens (tertiary/aromatic N) is 4. The van der Waals surface area contributed by atoms with Crippen LogP contribution in [0.2, 0.25) is 0 Å². The van der Waals surface area contributed by atoms with Crippen LogP contribution in [0.15, 0.2) is 72.0 Å². The predicted octanol–water partition coefficient (Wildman–Crippen LogP) is 3.41. The monoisotopic (exact) mass is 388 g/mol. The van der Waals surface area contributed by atoms with Gasteiger partial charge in [-0.15, -0.1) is 0 Å². The molecule has 0 radical (unpaired) electrons. The summed E-state index contributed by atoms with van der Waals surface area (Å²) in [5.74, 6) is -0.260. The number of ether oxygens (including phenoxy) is 1. The highest BCUT2D eigenvalue weighted by Gasteiger charge is 2.35. The van der Waals surface area contributed by atoms with Gasteiger partial charge in [0.2, 0.25) is 5.88 Å². The Hall–Kier alpha value is -4.40. The van der Waals surface area contributed by atoms with E-state index < -0.39 is 16.7 Å². The van der Waals surface area contributed by atoms with Crippen LogP contribution >= 0.6 is 0 Å². The van der Waals surface area contributed by atoms with Crippen LogP contribution < -0.4 is 4.74 Å². The van der Waals surface area contributed by atoms with E-state index in [4.69, 9.17) is 4.74 Å². The van der Waals surface area contributed by atoms with Gasteiger partial charge in [-0.05, 0) is 42.0 Å². The molecule has 0 unspecified atom stereocenters. The molecule has 1 aliphatic rings. The molecule has 3 aromatic rings. The summed E-state index contributed by atoms with van der Waals surface area (Å²) in [5, 5.41) is 15.5. The smallest absolute Gasteiger partial charge is 0.287 e. The number of hydrazone groups is 1. The maximum Gasteiger partial charge on any atom is 0.287 e. The molecule has 9 nitrogen and oxygen atoms in total. The summed E-state index contributed by atoms with van der Waals surface area (Å²) in [6.07, 6.45) is 2.51. The lowest BCUT2D eigenvalue weighted by Gasteiger charge is -2.06. The van der Waals surface area contributed by atoms with Crippen molar-refractivity contribution in [1.82, 2.24) is 9.99 Å². The number of aromatic nitrogens is 1. The molecule has 0 fully saturated rings. The highest BCUT2D eigenvalue weighted by molar-refractivity contribution is 6.21. The lowest BCUT2D eigenvalue weighted by molar-refractivity contribution is -0.385. The van der Waals surface area contributed by atoms with E-state index in [0.717, 1.165) is 11.2 Å². The van der Waals surface area contributed by atoms with Crippen molar-refractivity contribution in [2.75, 3.05) is 0 Å². The summed E-state index contributed by atoms with van der Waals surface area (Å²) in [6, 6.07) is 15.9. The Kier molecular flexibility index (Phi) is 4.54. The topological polar surface area (TPSA) is 115 Å². The fourth-order valence-corrected chi connectivity index (χ4v) is 2.69. The third kappa shape index (κ3) is 3.56. The van der Waals surface area contributed by atoms with Gasteiger partial charge < -0.3 is 4.74 Å². The number of hydrogen-bond acceptors (Lipinski definition) is 7. The molecule has 9 heteroatoms. The maximum atomic E-state index is 12.3. The van der Waals surface area contributed by atoms with Crippen LogP contribution in [-0.2, 0) is 0 Å². The van der Waals surface area contributed by atoms with Gasteiger partial charge in [-0.1, -0.05) is 12.1 Å². The zero-order chi connectivity index (χ0) is 20.4. The molecule has 0 bridgehead atoms. The van der Waals surface area contributed by atoms with Crippen LogP contribution in [0.4, 0.5) is 5.69 Å². The zero-order valence-electron chi connectivity index (χ0n) is 14.8. The Labute approximate surface area is 164 Å². The third-order valence-corrected chi connectivity index (χ3v) is 4.13. The normalized spacial score (nSPS) is 13.0. The van der Waals surface area contributed by atoms with Crippen molar-refractivity contribution in [2.45, 2.75) is 0 Å². The number of pyridine rings is 1. The lowest BCUT2D eigenvalue weighted by atomic mass is 10.1. The summed E-state index contributed by atoms with van der Waals surface area (Å²) in [6.45, 7) is 0. The highest BCUT2D eigenvalue weighted by atomic mass is 16.6. The van der Waals surface area contributed by atoms with E-state index in [1.165, 1.54) is 18.3 Å². The minimum Gasteiger partial charge on any atom is -0.439 e. The van der Waals surface area contributed by atoms with Crippen molar-refractivity contribution in [1.29, 1.82) is 0 Å². The van der Waals surface area contributed by atoms with E-state index in [1.54, 1.807) is 48.5 Å². The first-order chi connectivity index (χ1) is 14.0. The van der Waals surface area contributed by atoms with E-state index in [1.807, 2.05) is 0 Å². The fraction of sp³-hybridized carbons (Fsp3) is 0. The standard InChI is InChI=1S/C20H12N4O5/c25-19-16-3-1-2-4-17(16)20(26)23(19)22-11-13-5-8-15(9-6-13)29-18-10-7-14(12-21-18)24(27)28/h1-12H/b22-11-. The van der Waals surface area contributed by atoms with Gasteiger partial charge in [0, 0.05) is 12.1 Å². The van der Waals surface area contributed by atoms with Crippen molar-refractivity contribution >= 4 is 23.7 Å². The molecule has 0 atom stereocenters. The number of rotatable bonds is 5. The van der Waals surface area contributed by atoms with Crippen LogP contribution in [0.1, 0.15) is 26.3 Å². The summed E-state index contributed by atoms with van der Waals surface area (Å²) in [5.41, 5.74) is 1.17. The van der Waals surface area contributed by atoms with Gasteiger partial charge >= 0.3 is 0 Å². The largest absolute Gasteiger partial charge is 0.439 e. The molecule has 142 valence electrons. The molecular formula is C20H12N4O5. The summed E-state index contributed by atoms with van der Waals surface area (Å²) < 4.78 is 5.53. The van der Waals surface area contributed by atoms with Crippen molar-refractivity contribution in [3.8, 4) is 11.6 Å². The van der Waals surface area contributed by atoms with Gasteiger partial charge in [0.25, 0.3) is 17.5 Å². The Morgan fingerprint density at radius 3 is 2.17 bits per heavy atom. The molecule has 0 aliphatic carbocycles. The van der Waals surface area contributed by atoms with Crippen LogP contribution in [0, 0.1) is 10.1 Å². The number of fused-ring (bicyclic) bond motifs is 1. The maximum absolute atomic E-state index is 12.3. The minimum absolute atomic E-state index is 0.128. The fourth-order valence-electron chi connectivity index (χ4n) is 2.69. The molecule has 29 heavy (non-hydrogen) atoms. The molecule has 1 aliphatic heterocycles. The number of nitro groups is 1. The van der Waals surface area contributed by atoms with Gasteiger partial charge in [0.1, 0.15) is 11.9 Å². The van der Waals surface area contributed by atoms with Crippen LogP contribution in [0.3, 0.4) is 0 Å². The number of imide groups is 1. The van der Waals surface area contributed by atoms with E-state index in [9.17, 15) is 19.7 Å². The first-order valence-electron chi connectivity index (χ1n) is 8.43. The van der Waals surface area contributed by atoms with Gasteiger partial charge in [-0.2, -0.15) is 10.1 Å². The van der Waals surface area contributed by atoms with E-state index in [2.05, 4.69) is 10.1 Å². The highest BCUT2D eigenvalue weighted by Crippen LogP contribution is 2.23. The number of hydrogen-bond donors (Lipinski definition) is 0. The van der Waals surface area contributed by atoms with Gasteiger partial charge in [-0.3, -0.25) is 19.7 Å². The van der Waals surface area contributed by atoms with Crippen molar-refractivity contribution < 1.29 is 19.2 Å². The zero-order valence-corrected chi connectivity index (χ0v) is 14.8. The quantitative estimate of drug-likeness (QED) is 0.286. The van der Waals surface area contributed by atoms with Gasteiger partial charge in [0.05, 0.1) is 22.3 Å². The molecule has 2 heterocycles. The molecule has 2 aromatic carbocycles. The molecule has 1 aromatic heterocycles.